The molecular weight excluding hydrogens is 452 g/mol. The molecule has 0 aliphatic rings. The lowest BCUT2D eigenvalue weighted by Crippen LogP contribution is -2.68. The van der Waals surface area contributed by atoms with Crippen LogP contribution in [-0.2, 0) is 0 Å². The average Bonchev–Trinajstić information content (AvgIpc) is 3.25. The highest BCUT2D eigenvalue weighted by Gasteiger charge is 2.52. The number of benzene rings is 4. The van der Waals surface area contributed by atoms with E-state index in [1.54, 1.807) is 14.2 Å². The van der Waals surface area contributed by atoms with Gasteiger partial charge in [-0.2, -0.15) is 0 Å². The first-order chi connectivity index (χ1) is 16.9. The molecule has 0 bridgehead atoms. The fourth-order valence-electron chi connectivity index (χ4n) is 5.05. The largest absolute Gasteiger partial charge is 0.534 e. The van der Waals surface area contributed by atoms with Gasteiger partial charge in [0.25, 0.3) is 0 Å². The van der Waals surface area contributed by atoms with Gasteiger partial charge in [-0.15, -0.1) is 0 Å². The smallest absolute Gasteiger partial charge is 0.319 e. The molecular formula is C30H30O4Si. The molecule has 178 valence electrons. The zero-order valence-corrected chi connectivity index (χ0v) is 21.8. The molecule has 1 heterocycles. The summed E-state index contributed by atoms with van der Waals surface area (Å²) in [5, 5.41) is 4.15. The standard InChI is InChI=1S/C30H30O4Si/c1-30(2,3)35(22-12-8-6-9-13-22,23-14-10-7-11-15-23)34-21-16-17-25-24(20-21)28-26(33-25)18-19-27(31-4)29(28)32-5/h6-20H,1-5H3. The predicted molar refractivity (Wildman–Crippen MR) is 145 cm³/mol. The fourth-order valence-corrected chi connectivity index (χ4v) is 9.46. The molecule has 0 aliphatic carbocycles. The monoisotopic (exact) mass is 482 g/mol. The fraction of sp³-hybridized carbons (Fsp3) is 0.200. The van der Waals surface area contributed by atoms with Gasteiger partial charge in [0.2, 0.25) is 0 Å². The van der Waals surface area contributed by atoms with Crippen molar-refractivity contribution in [1.82, 2.24) is 0 Å². The lowest BCUT2D eigenvalue weighted by atomic mass is 10.1. The zero-order chi connectivity index (χ0) is 24.6. The van der Waals surface area contributed by atoms with Crippen LogP contribution in [0.2, 0.25) is 5.04 Å². The van der Waals surface area contributed by atoms with Gasteiger partial charge in [0.1, 0.15) is 16.9 Å². The molecule has 0 atom stereocenters. The van der Waals surface area contributed by atoms with Gasteiger partial charge < -0.3 is 18.3 Å². The van der Waals surface area contributed by atoms with Crippen molar-refractivity contribution in [2.24, 2.45) is 0 Å². The van der Waals surface area contributed by atoms with Gasteiger partial charge in [0, 0.05) is 5.39 Å². The summed E-state index contributed by atoms with van der Waals surface area (Å²) in [6.45, 7) is 6.83. The normalized spacial score (nSPS) is 12.1. The summed E-state index contributed by atoms with van der Waals surface area (Å²) >= 11 is 0. The summed E-state index contributed by atoms with van der Waals surface area (Å²) in [4.78, 5) is 0. The first kappa shape index (κ1) is 23.1. The third kappa shape index (κ3) is 3.76. The van der Waals surface area contributed by atoms with Crippen molar-refractivity contribution in [1.29, 1.82) is 0 Å². The molecule has 0 N–H and O–H groups in total. The summed E-state index contributed by atoms with van der Waals surface area (Å²) in [6, 6.07) is 31.1. The van der Waals surface area contributed by atoms with Crippen molar-refractivity contribution in [2.75, 3.05) is 14.2 Å². The number of rotatable bonds is 6. The highest BCUT2D eigenvalue weighted by Crippen LogP contribution is 2.43. The topological polar surface area (TPSA) is 40.8 Å². The molecule has 5 aromatic rings. The minimum Gasteiger partial charge on any atom is -0.534 e. The predicted octanol–water partition coefficient (Wildman–Crippen LogP) is 6.54. The van der Waals surface area contributed by atoms with Gasteiger partial charge in [-0.05, 0) is 45.7 Å². The van der Waals surface area contributed by atoms with E-state index in [0.717, 1.165) is 27.7 Å². The van der Waals surface area contributed by atoms with Crippen molar-refractivity contribution in [3.05, 3.63) is 91.0 Å². The second-order valence-electron chi connectivity index (χ2n) is 9.70. The van der Waals surface area contributed by atoms with Gasteiger partial charge in [-0.3, -0.25) is 0 Å². The molecule has 0 unspecified atom stereocenters. The van der Waals surface area contributed by atoms with E-state index in [1.165, 1.54) is 10.4 Å². The van der Waals surface area contributed by atoms with Crippen LogP contribution in [0.4, 0.5) is 0 Å². The number of hydrogen-bond acceptors (Lipinski definition) is 4. The summed E-state index contributed by atoms with van der Waals surface area (Å²) in [5.41, 5.74) is 1.53. The molecule has 0 radical (unpaired) electrons. The van der Waals surface area contributed by atoms with Crippen LogP contribution in [0.15, 0.2) is 95.4 Å². The van der Waals surface area contributed by atoms with Gasteiger partial charge in [-0.25, -0.2) is 0 Å². The Balaban J connectivity index is 1.75. The molecule has 4 aromatic carbocycles. The van der Waals surface area contributed by atoms with Crippen molar-refractivity contribution < 1.29 is 18.3 Å². The van der Waals surface area contributed by atoms with Crippen LogP contribution < -0.4 is 24.3 Å². The summed E-state index contributed by atoms with van der Waals surface area (Å²) in [7, 11) is 0.543. The van der Waals surface area contributed by atoms with Crippen molar-refractivity contribution in [3.63, 3.8) is 0 Å². The van der Waals surface area contributed by atoms with Crippen LogP contribution in [0, 0.1) is 0 Å². The number of hydrogen-bond donors (Lipinski definition) is 0. The molecule has 0 spiro atoms. The first-order valence-corrected chi connectivity index (χ1v) is 13.7. The molecule has 0 saturated heterocycles. The third-order valence-electron chi connectivity index (χ3n) is 6.64. The second-order valence-corrected chi connectivity index (χ2v) is 13.9. The van der Waals surface area contributed by atoms with Crippen LogP contribution in [0.5, 0.6) is 17.2 Å². The molecule has 5 heteroatoms. The Kier molecular flexibility index (Phi) is 5.81. The van der Waals surface area contributed by atoms with Gasteiger partial charge in [0.05, 0.1) is 19.6 Å². The summed E-state index contributed by atoms with van der Waals surface area (Å²) in [5.74, 6) is 2.13. The number of furan rings is 1. The summed E-state index contributed by atoms with van der Waals surface area (Å²) in [6.07, 6.45) is 0. The quantitative estimate of drug-likeness (QED) is 0.258. The molecule has 5 rings (SSSR count). The van der Waals surface area contributed by atoms with E-state index in [-0.39, 0.29) is 5.04 Å². The average molecular weight is 483 g/mol. The van der Waals surface area contributed by atoms with Crippen LogP contribution >= 0.6 is 0 Å². The Labute approximate surface area is 207 Å². The minimum atomic E-state index is -2.75. The van der Waals surface area contributed by atoms with E-state index in [4.69, 9.17) is 18.3 Å². The maximum absolute atomic E-state index is 7.22. The third-order valence-corrected chi connectivity index (χ3v) is 11.6. The lowest BCUT2D eigenvalue weighted by molar-refractivity contribution is 0.358. The van der Waals surface area contributed by atoms with Gasteiger partial charge in [-0.1, -0.05) is 81.4 Å². The van der Waals surface area contributed by atoms with Gasteiger partial charge >= 0.3 is 8.32 Å². The Morgan fingerprint density at radius 2 is 1.29 bits per heavy atom. The number of ether oxygens (including phenoxy) is 2. The van der Waals surface area contributed by atoms with Crippen molar-refractivity contribution >= 4 is 40.6 Å². The van der Waals surface area contributed by atoms with Crippen molar-refractivity contribution in [2.45, 2.75) is 25.8 Å². The number of methoxy groups -OCH3 is 2. The van der Waals surface area contributed by atoms with E-state index in [2.05, 4.69) is 87.5 Å². The Bertz CT molecular complexity index is 1430. The Hall–Kier alpha value is -3.70. The summed E-state index contributed by atoms with van der Waals surface area (Å²) < 4.78 is 24.6. The molecule has 35 heavy (non-hydrogen) atoms. The molecule has 0 amide bonds. The Morgan fingerprint density at radius 3 is 1.83 bits per heavy atom. The molecule has 0 aliphatic heterocycles. The highest BCUT2D eigenvalue weighted by molar-refractivity contribution is 7.00. The number of fused-ring (bicyclic) bond motifs is 3. The van der Waals surface area contributed by atoms with Crippen LogP contribution in [0.25, 0.3) is 21.9 Å². The van der Waals surface area contributed by atoms with E-state index in [1.807, 2.05) is 24.3 Å². The Morgan fingerprint density at radius 1 is 0.686 bits per heavy atom. The van der Waals surface area contributed by atoms with Crippen LogP contribution in [-0.4, -0.2) is 22.5 Å². The molecule has 1 aromatic heterocycles. The highest BCUT2D eigenvalue weighted by atomic mass is 28.4. The minimum absolute atomic E-state index is 0.135. The maximum Gasteiger partial charge on any atom is 0.319 e. The molecule has 0 saturated carbocycles. The molecule has 4 nitrogen and oxygen atoms in total. The second kappa shape index (κ2) is 8.82. The van der Waals surface area contributed by atoms with Gasteiger partial charge in [0.15, 0.2) is 11.5 Å². The maximum atomic E-state index is 7.22. The van der Waals surface area contributed by atoms with Crippen LogP contribution in [0.1, 0.15) is 20.8 Å². The van der Waals surface area contributed by atoms with Crippen molar-refractivity contribution in [3.8, 4) is 17.2 Å². The van der Waals surface area contributed by atoms with E-state index < -0.39 is 8.32 Å². The van der Waals surface area contributed by atoms with Crippen LogP contribution in [0.3, 0.4) is 0 Å². The molecule has 0 fully saturated rings. The zero-order valence-electron chi connectivity index (χ0n) is 20.8. The van der Waals surface area contributed by atoms with E-state index in [0.29, 0.717) is 11.5 Å². The SMILES string of the molecule is COc1ccc2oc3ccc(O[Si](c4ccccc4)(c4ccccc4)C(C)(C)C)cc3c2c1OC. The van der Waals surface area contributed by atoms with E-state index in [9.17, 15) is 0 Å². The lowest BCUT2D eigenvalue weighted by Gasteiger charge is -2.43. The first-order valence-electron chi connectivity index (χ1n) is 11.8. The van der Waals surface area contributed by atoms with E-state index >= 15 is 0 Å².